The minimum atomic E-state index is 1.10. The van der Waals surface area contributed by atoms with Gasteiger partial charge in [0.2, 0.25) is 0 Å². The molecule has 0 spiro atoms. The fourth-order valence-corrected chi connectivity index (χ4v) is 4.57. The molecular weight excluding hydrogens is 420 g/mol. The van der Waals surface area contributed by atoms with Gasteiger partial charge in [0, 0.05) is 0 Å². The van der Waals surface area contributed by atoms with Gasteiger partial charge in [0.25, 0.3) is 0 Å². The van der Waals surface area contributed by atoms with Gasteiger partial charge in [-0.25, -0.2) is 0 Å². The molecule has 0 aromatic heterocycles. The van der Waals surface area contributed by atoms with E-state index in [2.05, 4.69) is 135 Å². The predicted molar refractivity (Wildman–Crippen MR) is 151 cm³/mol. The number of hydrogen-bond acceptors (Lipinski definition) is 0. The van der Waals surface area contributed by atoms with Gasteiger partial charge < -0.3 is 0 Å². The van der Waals surface area contributed by atoms with Gasteiger partial charge in [-0.15, -0.1) is 0 Å². The van der Waals surface area contributed by atoms with Gasteiger partial charge in [0.05, 0.1) is 0 Å². The molecule has 0 N–H and O–H groups in total. The molecule has 35 heavy (non-hydrogen) atoms. The Hall–Kier alpha value is -3.90. The minimum Gasteiger partial charge on any atom is -0.0587 e. The summed E-state index contributed by atoms with van der Waals surface area (Å²) in [7, 11) is 0. The molecule has 0 saturated carbocycles. The molecule has 0 saturated heterocycles. The van der Waals surface area contributed by atoms with E-state index in [-0.39, 0.29) is 0 Å². The van der Waals surface area contributed by atoms with Gasteiger partial charge in [0.15, 0.2) is 0 Å². The molecule has 0 bridgehead atoms. The summed E-state index contributed by atoms with van der Waals surface area (Å²) in [5.74, 6) is 0. The van der Waals surface area contributed by atoms with E-state index < -0.39 is 0 Å². The van der Waals surface area contributed by atoms with Crippen LogP contribution in [0.5, 0.6) is 0 Å². The van der Waals surface area contributed by atoms with Gasteiger partial charge in [-0.2, -0.15) is 0 Å². The molecule has 0 radical (unpaired) electrons. The standard InChI is InChI=1S/C35H32/c1-26-6-14-30(15-7-26)32-18-10-28(11-19-32)4-3-5-29-12-20-33(21-13-29)35-24-22-34(23-25-35)31-16-8-27(2)9-17-31/h6-25H,3-5H2,1-2H3. The predicted octanol–water partition coefficient (Wildman–Crippen LogP) is 9.48. The summed E-state index contributed by atoms with van der Waals surface area (Å²) >= 11 is 0. The highest BCUT2D eigenvalue weighted by Gasteiger charge is 2.03. The highest BCUT2D eigenvalue weighted by Crippen LogP contribution is 2.26. The summed E-state index contributed by atoms with van der Waals surface area (Å²) in [4.78, 5) is 0. The molecule has 5 aromatic rings. The van der Waals surface area contributed by atoms with Gasteiger partial charge in [-0.05, 0) is 77.6 Å². The minimum absolute atomic E-state index is 1.10. The fraction of sp³-hybridized carbons (Fsp3) is 0.143. The molecule has 0 aliphatic carbocycles. The Bertz CT molecular complexity index is 1350. The fourth-order valence-electron chi connectivity index (χ4n) is 4.57. The van der Waals surface area contributed by atoms with E-state index in [4.69, 9.17) is 0 Å². The van der Waals surface area contributed by atoms with Crippen molar-refractivity contribution >= 4 is 0 Å². The maximum atomic E-state index is 2.28. The van der Waals surface area contributed by atoms with Crippen LogP contribution in [0.25, 0.3) is 33.4 Å². The van der Waals surface area contributed by atoms with Crippen molar-refractivity contribution in [1.82, 2.24) is 0 Å². The lowest BCUT2D eigenvalue weighted by molar-refractivity contribution is 0.821. The average Bonchev–Trinajstić information content (AvgIpc) is 2.91. The van der Waals surface area contributed by atoms with Crippen LogP contribution in [0, 0.1) is 13.8 Å². The Labute approximate surface area is 209 Å². The molecular formula is C35H32. The van der Waals surface area contributed by atoms with Gasteiger partial charge in [0.1, 0.15) is 0 Å². The topological polar surface area (TPSA) is 0 Å². The van der Waals surface area contributed by atoms with Crippen LogP contribution in [0.1, 0.15) is 28.7 Å². The molecule has 0 aliphatic heterocycles. The lowest BCUT2D eigenvalue weighted by atomic mass is 9.97. The average molecular weight is 453 g/mol. The second-order valence-corrected chi connectivity index (χ2v) is 9.56. The van der Waals surface area contributed by atoms with Crippen LogP contribution < -0.4 is 0 Å². The SMILES string of the molecule is Cc1ccc(-c2ccc(CCCc3ccc(-c4ccc(-c5ccc(C)cc5)cc4)cc3)cc2)cc1. The summed E-state index contributed by atoms with van der Waals surface area (Å²) in [6, 6.07) is 44.5. The zero-order valence-corrected chi connectivity index (χ0v) is 20.7. The molecule has 0 nitrogen and oxygen atoms in total. The van der Waals surface area contributed by atoms with Crippen LogP contribution >= 0.6 is 0 Å². The van der Waals surface area contributed by atoms with Crippen LogP contribution in [0.3, 0.4) is 0 Å². The lowest BCUT2D eigenvalue weighted by Gasteiger charge is -2.08. The summed E-state index contributed by atoms with van der Waals surface area (Å²) in [6.45, 7) is 4.25. The van der Waals surface area contributed by atoms with Crippen LogP contribution in [0.15, 0.2) is 121 Å². The summed E-state index contributed by atoms with van der Waals surface area (Å²) in [5, 5.41) is 0. The number of hydrogen-bond donors (Lipinski definition) is 0. The maximum Gasteiger partial charge on any atom is -0.0184 e. The van der Waals surface area contributed by atoms with Crippen molar-refractivity contribution in [3.8, 4) is 33.4 Å². The first-order valence-corrected chi connectivity index (χ1v) is 12.6. The third-order valence-corrected chi connectivity index (χ3v) is 6.83. The molecule has 5 rings (SSSR count). The third kappa shape index (κ3) is 5.78. The first kappa shape index (κ1) is 22.9. The monoisotopic (exact) mass is 452 g/mol. The van der Waals surface area contributed by atoms with E-state index in [1.165, 1.54) is 55.6 Å². The zero-order valence-electron chi connectivity index (χ0n) is 20.7. The van der Waals surface area contributed by atoms with Crippen LogP contribution in [0.2, 0.25) is 0 Å². The smallest absolute Gasteiger partial charge is 0.0184 e. The van der Waals surface area contributed by atoms with Crippen molar-refractivity contribution < 1.29 is 0 Å². The van der Waals surface area contributed by atoms with Crippen molar-refractivity contribution in [1.29, 1.82) is 0 Å². The van der Waals surface area contributed by atoms with Gasteiger partial charge >= 0.3 is 0 Å². The zero-order chi connectivity index (χ0) is 24.0. The van der Waals surface area contributed by atoms with E-state index in [1.807, 2.05) is 0 Å². The first-order chi connectivity index (χ1) is 17.1. The molecule has 5 aromatic carbocycles. The summed E-state index contributed by atoms with van der Waals surface area (Å²) in [5.41, 5.74) is 13.0. The molecule has 0 aliphatic rings. The number of aryl methyl sites for hydroxylation is 4. The molecule has 172 valence electrons. The van der Waals surface area contributed by atoms with Crippen molar-refractivity contribution in [2.75, 3.05) is 0 Å². The maximum absolute atomic E-state index is 2.28. The molecule has 0 atom stereocenters. The van der Waals surface area contributed by atoms with E-state index in [0.717, 1.165) is 19.3 Å². The molecule has 0 unspecified atom stereocenters. The van der Waals surface area contributed by atoms with Crippen molar-refractivity contribution in [2.24, 2.45) is 0 Å². The largest absolute Gasteiger partial charge is 0.0587 e. The first-order valence-electron chi connectivity index (χ1n) is 12.6. The van der Waals surface area contributed by atoms with Gasteiger partial charge in [-0.3, -0.25) is 0 Å². The van der Waals surface area contributed by atoms with Crippen LogP contribution in [-0.2, 0) is 12.8 Å². The van der Waals surface area contributed by atoms with Crippen molar-refractivity contribution in [3.05, 3.63) is 144 Å². The summed E-state index contributed by atoms with van der Waals surface area (Å²) in [6.07, 6.45) is 3.37. The number of rotatable bonds is 7. The molecule has 0 fully saturated rings. The van der Waals surface area contributed by atoms with E-state index >= 15 is 0 Å². The number of benzene rings is 5. The Morgan fingerprint density at radius 1 is 0.314 bits per heavy atom. The van der Waals surface area contributed by atoms with Crippen molar-refractivity contribution in [3.63, 3.8) is 0 Å². The highest BCUT2D eigenvalue weighted by atomic mass is 14.1. The highest BCUT2D eigenvalue weighted by molar-refractivity contribution is 5.70. The van der Waals surface area contributed by atoms with Crippen LogP contribution in [0.4, 0.5) is 0 Å². The van der Waals surface area contributed by atoms with E-state index in [0.29, 0.717) is 0 Å². The quantitative estimate of drug-likeness (QED) is 0.231. The molecule has 0 amide bonds. The molecule has 0 heterocycles. The Morgan fingerprint density at radius 3 is 0.829 bits per heavy atom. The van der Waals surface area contributed by atoms with E-state index in [1.54, 1.807) is 0 Å². The van der Waals surface area contributed by atoms with Gasteiger partial charge in [-0.1, -0.05) is 132 Å². The molecule has 0 heteroatoms. The lowest BCUT2D eigenvalue weighted by Crippen LogP contribution is -1.91. The second-order valence-electron chi connectivity index (χ2n) is 9.56. The second kappa shape index (κ2) is 10.6. The van der Waals surface area contributed by atoms with Crippen LogP contribution in [-0.4, -0.2) is 0 Å². The normalized spacial score (nSPS) is 10.9. The van der Waals surface area contributed by atoms with E-state index in [9.17, 15) is 0 Å². The Kier molecular flexibility index (Phi) is 6.91. The Morgan fingerprint density at radius 2 is 0.543 bits per heavy atom. The summed E-state index contributed by atoms with van der Waals surface area (Å²) < 4.78 is 0. The Balaban J connectivity index is 1.15. The van der Waals surface area contributed by atoms with Crippen molar-refractivity contribution in [2.45, 2.75) is 33.1 Å². The third-order valence-electron chi connectivity index (χ3n) is 6.83.